The van der Waals surface area contributed by atoms with Gasteiger partial charge in [-0.1, -0.05) is 0 Å². The highest BCUT2D eigenvalue weighted by atomic mass is 32.1. The lowest BCUT2D eigenvalue weighted by atomic mass is 9.97. The van der Waals surface area contributed by atoms with E-state index in [0.717, 1.165) is 24.4 Å². The van der Waals surface area contributed by atoms with Crippen LogP contribution in [0.25, 0.3) is 0 Å². The Balaban J connectivity index is 2.23. The fourth-order valence-corrected chi connectivity index (χ4v) is 3.27. The van der Waals surface area contributed by atoms with Gasteiger partial charge in [0.15, 0.2) is 5.82 Å². The summed E-state index contributed by atoms with van der Waals surface area (Å²) in [5.41, 5.74) is 6.19. The second-order valence-electron chi connectivity index (χ2n) is 4.73. The fourth-order valence-electron chi connectivity index (χ4n) is 2.43. The van der Waals surface area contributed by atoms with Gasteiger partial charge in [-0.3, -0.25) is 9.59 Å². The quantitative estimate of drug-likeness (QED) is 0.732. The molecule has 2 rings (SSSR count). The highest BCUT2D eigenvalue weighted by molar-refractivity contribution is 7.11. The zero-order valence-electron chi connectivity index (χ0n) is 11.6. The van der Waals surface area contributed by atoms with Crippen molar-refractivity contribution < 1.29 is 9.59 Å². The van der Waals surface area contributed by atoms with E-state index in [1.807, 2.05) is 4.90 Å². The average Bonchev–Trinajstić information content (AvgIpc) is 2.87. The van der Waals surface area contributed by atoms with Crippen LogP contribution in [0.15, 0.2) is 0 Å². The van der Waals surface area contributed by atoms with E-state index >= 15 is 0 Å². The molecule has 2 heterocycles. The Labute approximate surface area is 121 Å². The molecular weight excluding hydrogens is 278 g/mol. The molecule has 1 aliphatic rings. The Bertz CT molecular complexity index is 516. The normalized spacial score (nSPS) is 18.7. The number of anilines is 2. The summed E-state index contributed by atoms with van der Waals surface area (Å²) in [7, 11) is 3.20. The van der Waals surface area contributed by atoms with Crippen LogP contribution in [0.4, 0.5) is 10.8 Å². The minimum absolute atomic E-state index is 0.0358. The van der Waals surface area contributed by atoms with Crippen molar-refractivity contribution in [2.24, 2.45) is 5.92 Å². The SMILES string of the molecule is CNC(=O)c1c(N)nsc1N1CCCC(C(=O)NC)C1. The third kappa shape index (κ3) is 2.69. The van der Waals surface area contributed by atoms with Crippen molar-refractivity contribution >= 4 is 34.2 Å². The van der Waals surface area contributed by atoms with Gasteiger partial charge in [0.2, 0.25) is 5.91 Å². The number of nitrogens with one attached hydrogen (secondary N) is 2. The smallest absolute Gasteiger partial charge is 0.257 e. The predicted octanol–water partition coefficient (Wildman–Crippen LogP) is 0.0473. The highest BCUT2D eigenvalue weighted by Crippen LogP contribution is 2.33. The molecule has 1 aromatic rings. The monoisotopic (exact) mass is 297 g/mol. The predicted molar refractivity (Wildman–Crippen MR) is 78.9 cm³/mol. The van der Waals surface area contributed by atoms with Gasteiger partial charge >= 0.3 is 0 Å². The summed E-state index contributed by atoms with van der Waals surface area (Å²) in [6.07, 6.45) is 1.77. The minimum Gasteiger partial charge on any atom is -0.382 e. The number of rotatable bonds is 3. The first-order chi connectivity index (χ1) is 9.58. The van der Waals surface area contributed by atoms with Gasteiger partial charge in [0.25, 0.3) is 5.91 Å². The lowest BCUT2D eigenvalue weighted by Gasteiger charge is -2.32. The highest BCUT2D eigenvalue weighted by Gasteiger charge is 2.29. The Morgan fingerprint density at radius 2 is 2.15 bits per heavy atom. The molecule has 1 saturated heterocycles. The number of aromatic nitrogens is 1. The molecule has 8 heteroatoms. The molecular formula is C12H19N5O2S. The van der Waals surface area contributed by atoms with Crippen LogP contribution in [-0.4, -0.2) is 43.4 Å². The maximum absolute atomic E-state index is 11.9. The van der Waals surface area contributed by atoms with Crippen molar-refractivity contribution in [1.82, 2.24) is 15.0 Å². The summed E-state index contributed by atoms with van der Waals surface area (Å²) in [5.74, 6) is -0.0250. The maximum atomic E-state index is 11.9. The molecule has 0 aromatic carbocycles. The molecule has 1 aliphatic heterocycles. The van der Waals surface area contributed by atoms with Crippen LogP contribution >= 0.6 is 11.5 Å². The summed E-state index contributed by atoms with van der Waals surface area (Å²) in [4.78, 5) is 25.7. The first-order valence-corrected chi connectivity index (χ1v) is 7.29. The standard InChI is InChI=1S/C12H19N5O2S/c1-14-10(18)7-4-3-5-17(6-7)12-8(11(19)15-2)9(13)16-20-12/h7H,3-6H2,1-2H3,(H2,13,16)(H,14,18)(H,15,19). The van der Waals surface area contributed by atoms with E-state index in [4.69, 9.17) is 5.73 Å². The van der Waals surface area contributed by atoms with E-state index in [1.54, 1.807) is 14.1 Å². The Morgan fingerprint density at radius 1 is 1.40 bits per heavy atom. The second kappa shape index (κ2) is 6.08. The van der Waals surface area contributed by atoms with Gasteiger partial charge in [-0.05, 0) is 24.4 Å². The van der Waals surface area contributed by atoms with Gasteiger partial charge in [0.1, 0.15) is 10.6 Å². The lowest BCUT2D eigenvalue weighted by Crippen LogP contribution is -2.42. The Kier molecular flexibility index (Phi) is 4.43. The van der Waals surface area contributed by atoms with Gasteiger partial charge in [0, 0.05) is 27.2 Å². The molecule has 7 nitrogen and oxygen atoms in total. The molecule has 20 heavy (non-hydrogen) atoms. The number of carbonyl (C=O) groups excluding carboxylic acids is 2. The lowest BCUT2D eigenvalue weighted by molar-refractivity contribution is -0.124. The molecule has 1 fully saturated rings. The number of nitrogens with two attached hydrogens (primary N) is 1. The van der Waals surface area contributed by atoms with Crippen LogP contribution < -0.4 is 21.3 Å². The first kappa shape index (κ1) is 14.6. The first-order valence-electron chi connectivity index (χ1n) is 6.52. The molecule has 1 unspecified atom stereocenters. The van der Waals surface area contributed by atoms with Crippen LogP contribution in [0.1, 0.15) is 23.2 Å². The van der Waals surface area contributed by atoms with E-state index in [2.05, 4.69) is 15.0 Å². The maximum Gasteiger partial charge on any atom is 0.257 e. The number of piperidine rings is 1. The zero-order chi connectivity index (χ0) is 14.7. The summed E-state index contributed by atoms with van der Waals surface area (Å²) < 4.78 is 4.07. The number of hydrogen-bond acceptors (Lipinski definition) is 6. The molecule has 0 saturated carbocycles. The van der Waals surface area contributed by atoms with Crippen molar-refractivity contribution in [3.63, 3.8) is 0 Å². The van der Waals surface area contributed by atoms with E-state index in [-0.39, 0.29) is 23.6 Å². The number of carbonyl (C=O) groups is 2. The fraction of sp³-hybridized carbons (Fsp3) is 0.583. The molecule has 0 bridgehead atoms. The van der Waals surface area contributed by atoms with Gasteiger partial charge in [-0.2, -0.15) is 4.37 Å². The molecule has 1 atom stereocenters. The molecule has 4 N–H and O–H groups in total. The number of nitrogen functional groups attached to an aromatic ring is 1. The summed E-state index contributed by atoms with van der Waals surface area (Å²) in [6.45, 7) is 1.39. The molecule has 1 aromatic heterocycles. The van der Waals surface area contributed by atoms with Gasteiger partial charge in [-0.25, -0.2) is 0 Å². The van der Waals surface area contributed by atoms with Gasteiger partial charge in [-0.15, -0.1) is 0 Å². The topological polar surface area (TPSA) is 100 Å². The molecule has 0 aliphatic carbocycles. The van der Waals surface area contributed by atoms with Gasteiger partial charge in [0.05, 0.1) is 5.92 Å². The Morgan fingerprint density at radius 3 is 2.80 bits per heavy atom. The van der Waals surface area contributed by atoms with Crippen molar-refractivity contribution in [3.8, 4) is 0 Å². The van der Waals surface area contributed by atoms with E-state index in [1.165, 1.54) is 11.5 Å². The minimum atomic E-state index is -0.242. The van der Waals surface area contributed by atoms with Crippen molar-refractivity contribution in [2.75, 3.05) is 37.8 Å². The summed E-state index contributed by atoms with van der Waals surface area (Å²) in [5, 5.41) is 6.00. The van der Waals surface area contributed by atoms with E-state index < -0.39 is 0 Å². The molecule has 0 spiro atoms. The van der Waals surface area contributed by atoms with Crippen LogP contribution in [0.5, 0.6) is 0 Å². The summed E-state index contributed by atoms with van der Waals surface area (Å²) >= 11 is 1.21. The number of hydrogen-bond donors (Lipinski definition) is 3. The van der Waals surface area contributed by atoms with Crippen LogP contribution in [0, 0.1) is 5.92 Å². The van der Waals surface area contributed by atoms with Crippen LogP contribution in [0.2, 0.25) is 0 Å². The van der Waals surface area contributed by atoms with Crippen LogP contribution in [-0.2, 0) is 4.79 Å². The van der Waals surface area contributed by atoms with Crippen molar-refractivity contribution in [1.29, 1.82) is 0 Å². The van der Waals surface area contributed by atoms with Crippen molar-refractivity contribution in [2.45, 2.75) is 12.8 Å². The molecule has 2 amide bonds. The number of amides is 2. The van der Waals surface area contributed by atoms with E-state index in [9.17, 15) is 9.59 Å². The average molecular weight is 297 g/mol. The summed E-state index contributed by atoms with van der Waals surface area (Å²) in [6, 6.07) is 0. The Hall–Kier alpha value is -1.83. The molecule has 110 valence electrons. The third-order valence-electron chi connectivity index (χ3n) is 3.48. The largest absolute Gasteiger partial charge is 0.382 e. The molecule has 0 radical (unpaired) electrons. The van der Waals surface area contributed by atoms with E-state index in [0.29, 0.717) is 12.1 Å². The van der Waals surface area contributed by atoms with Crippen molar-refractivity contribution in [3.05, 3.63) is 5.56 Å². The number of nitrogens with zero attached hydrogens (tertiary/aromatic N) is 2. The zero-order valence-corrected chi connectivity index (χ0v) is 12.4. The van der Waals surface area contributed by atoms with Gasteiger partial charge < -0.3 is 21.3 Å². The van der Waals surface area contributed by atoms with Crippen LogP contribution in [0.3, 0.4) is 0 Å². The third-order valence-corrected chi connectivity index (χ3v) is 4.40. The second-order valence-corrected chi connectivity index (χ2v) is 5.48.